The standard InChI is InChI=1S/C62H90N13O14P.C10H12N5O3.Co/c1-29-20-39-40(21-30(29)2)75(28-70-39)57-52(84)53(41(27-76)87-57)89-90(85,86)88-31(3)26-69-49(83)18-19-59(8)37(22-46(66)80)56-62(11)61(10,25-48(68)82)36(14-17-45(65)79)51(74-62)33(5)55-60(9,24-47(67)81)34(12-15-43(63)77)38(71-55)23-42-58(6,7)35(13-16-44(64)78)50(72-42)32(4)54(59)73-56;1-4-6(16)7(17)10(18-4)15-3-14-5-8(11)12-2-13-9(5)15;/h20-21,23,28,31,34-37,41,52-53,56-57,76,84H,12-19,22,24-27H2,1-11H3,(H15,63,64,65,66,67,68,69,71,72,73,74,77,78,79,80,81,82,83,85,86);2-4,6-7,10,16-17H,1H2,(H2,11,12,13);/q;-1;+2/p-1. The number of hydrogen-bond acceptors (Lipinski definition) is 26. The molecule has 0 saturated carbocycles. The van der Waals surface area contributed by atoms with E-state index in [0.717, 1.165) is 16.6 Å². The van der Waals surface area contributed by atoms with E-state index >= 15 is 0 Å². The van der Waals surface area contributed by atoms with Crippen LogP contribution >= 0.6 is 7.82 Å². The number of aliphatic hydroxyl groups excluding tert-OH is 4. The third-order valence-electron chi connectivity index (χ3n) is 23.6. The number of amides is 5. The van der Waals surface area contributed by atoms with Gasteiger partial charge in [-0.3, -0.25) is 52.6 Å². The molecular weight excluding hydrogens is 1480 g/mol. The number of aryl methyl sites for hydroxylation is 2. The number of benzene rings is 1. The summed E-state index contributed by atoms with van der Waals surface area (Å²) in [7, 11) is -5.07. The van der Waals surface area contributed by atoms with Crippen LogP contribution in [-0.2, 0) is 63.8 Å². The number of allylic oxidation sites excluding steroid dienone is 6. The van der Waals surface area contributed by atoms with Crippen molar-refractivity contribution in [3.8, 4) is 0 Å². The zero-order chi connectivity index (χ0) is 79.6. The van der Waals surface area contributed by atoms with Crippen molar-refractivity contribution < 1.29 is 104 Å². The first kappa shape index (κ1) is 84.8. The largest absolute Gasteiger partial charge is 2.00 e. The molecule has 19 unspecified atom stereocenters. The summed E-state index contributed by atoms with van der Waals surface area (Å²) in [5.74, 6) is -7.63. The molecule has 3 saturated heterocycles. The van der Waals surface area contributed by atoms with Gasteiger partial charge in [-0.15, -0.1) is 0 Å². The van der Waals surface area contributed by atoms with Crippen LogP contribution in [0, 0.1) is 76.9 Å². The molecule has 3 aromatic heterocycles. The number of nitrogens with zero attached hydrogens (tertiary/aromatic N) is 8. The Bertz CT molecular complexity index is 4520. The van der Waals surface area contributed by atoms with Crippen LogP contribution in [-0.4, -0.2) is 176 Å². The number of aliphatic hydroxyl groups is 4. The average Bonchev–Trinajstić information content (AvgIpc) is 1.53. The first-order valence-electron chi connectivity index (χ1n) is 35.9. The maximum Gasteiger partial charge on any atom is 2.00 e. The van der Waals surface area contributed by atoms with Crippen LogP contribution in [0.4, 0.5) is 5.82 Å². The van der Waals surface area contributed by atoms with Crippen molar-refractivity contribution in [2.24, 2.45) is 83.2 Å². The second-order valence-electron chi connectivity index (χ2n) is 31.2. The number of H-pyrrole nitrogens is 1. The molecule has 109 heavy (non-hydrogen) atoms. The molecule has 1 aromatic carbocycles. The fourth-order valence-electron chi connectivity index (χ4n) is 17.5. The number of primary amides is 4. The van der Waals surface area contributed by atoms with E-state index in [1.807, 2.05) is 80.5 Å². The Hall–Kier alpha value is -8.26. The summed E-state index contributed by atoms with van der Waals surface area (Å²) in [6.07, 6.45) is -5.49. The molecule has 1 radical (unpaired) electrons. The van der Waals surface area contributed by atoms with Gasteiger partial charge in [-0.2, -0.15) is 4.57 Å². The molecule has 19 atom stereocenters. The minimum atomic E-state index is -5.07. The number of hydrogen-bond donors (Lipinski definition) is 15. The third kappa shape index (κ3) is 16.3. The molecule has 20 N–H and O–H groups in total. The van der Waals surface area contributed by atoms with Gasteiger partial charge in [-0.1, -0.05) is 34.6 Å². The Morgan fingerprint density at radius 2 is 1.48 bits per heavy atom. The fourth-order valence-corrected chi connectivity index (χ4v) is 18.6. The maximum absolute atomic E-state index is 14.4. The monoisotopic (exact) mass is 1580 g/mol. The van der Waals surface area contributed by atoms with Crippen molar-refractivity contribution in [1.82, 2.24) is 35.1 Å². The number of carbonyl (C=O) groups is 5. The molecule has 5 amide bonds. The molecule has 3 fully saturated rings. The number of imidazole rings is 2. The van der Waals surface area contributed by atoms with Gasteiger partial charge >= 0.3 is 24.6 Å². The molecule has 7 aliphatic rings. The number of fused-ring (bicyclic) bond motifs is 8. The zero-order valence-corrected chi connectivity index (χ0v) is 64.8. The summed E-state index contributed by atoms with van der Waals surface area (Å²) < 4.78 is 39.2. The van der Waals surface area contributed by atoms with Crippen LogP contribution in [0.15, 0.2) is 80.4 Å². The Kier molecular flexibility index (Phi) is 25.0. The number of aliphatic imine (C=N–C) groups is 3. The minimum absolute atomic E-state index is 0. The maximum atomic E-state index is 14.4. The molecule has 37 heteroatoms. The van der Waals surface area contributed by atoms with Crippen molar-refractivity contribution in [2.45, 2.75) is 214 Å². The van der Waals surface area contributed by atoms with E-state index in [-0.39, 0.29) is 99.8 Å². The predicted molar refractivity (Wildman–Crippen MR) is 390 cm³/mol. The second-order valence-corrected chi connectivity index (χ2v) is 32.5. The SMILES string of the molecule is C/C1=C2N=C(/C=C3\N/C(=C(/C)C4=NC(C)(C5N=C1C(C)(CCC(=O)NCC(C)OP(=O)(O)OC1C(CO)OC([n+]6c[nH]c7cc(C)c(C)cc76)C1O)C5CC(N)=O)C(C)(CC(N)=O)C4CCC(N)=O)C(C)(CC(N)=O)C3CCC(=N)[O-])C(C)(C)C/2CCC(=N)[O-].[CH2-]C1OC(n2cnc3c(N)ncnc32)C(O)C1O.[Co+2]. The Morgan fingerprint density at radius 1 is 0.835 bits per heavy atom. The molecular formula is C72H101CoN18O17P. The number of aromatic nitrogens is 6. The van der Waals surface area contributed by atoms with Crippen molar-refractivity contribution in [3.63, 3.8) is 0 Å². The number of nitrogen functional groups attached to an aromatic ring is 1. The Balaban J connectivity index is 0.000000623. The van der Waals surface area contributed by atoms with E-state index in [2.05, 4.69) is 37.5 Å². The number of phosphoric acid groups is 1. The second kappa shape index (κ2) is 32.2. The molecule has 8 bridgehead atoms. The first-order chi connectivity index (χ1) is 50.4. The minimum Gasteiger partial charge on any atom is -0.862 e. The van der Waals surface area contributed by atoms with E-state index in [1.54, 1.807) is 17.8 Å². The Morgan fingerprint density at radius 3 is 2.08 bits per heavy atom. The first-order valence-corrected chi connectivity index (χ1v) is 37.4. The summed E-state index contributed by atoms with van der Waals surface area (Å²) in [5, 5.41) is 88.9. The number of nitrogens with two attached hydrogens (primary N) is 5. The number of ether oxygens (including phenoxy) is 2. The number of anilines is 1. The smallest absolute Gasteiger partial charge is 0.862 e. The predicted octanol–water partition coefficient (Wildman–Crippen LogP) is 1.15. The molecule has 11 rings (SSSR count). The summed E-state index contributed by atoms with van der Waals surface area (Å²) in [6.45, 7) is 22.7. The molecule has 595 valence electrons. The third-order valence-corrected chi connectivity index (χ3v) is 24.7. The van der Waals surface area contributed by atoms with Gasteiger partial charge in [0, 0.05) is 118 Å². The number of aromatic amines is 1. The van der Waals surface area contributed by atoms with Crippen molar-refractivity contribution in [3.05, 3.63) is 83.5 Å². The van der Waals surface area contributed by atoms with E-state index in [1.165, 1.54) is 24.1 Å². The van der Waals surface area contributed by atoms with Crippen LogP contribution in [0.3, 0.4) is 0 Å². The van der Waals surface area contributed by atoms with Gasteiger partial charge in [0.05, 0.1) is 36.7 Å². The van der Waals surface area contributed by atoms with Crippen LogP contribution < -0.4 is 54.1 Å². The van der Waals surface area contributed by atoms with Crippen LogP contribution in [0.5, 0.6) is 0 Å². The van der Waals surface area contributed by atoms with Gasteiger partial charge < -0.3 is 102 Å². The molecule has 4 aromatic rings. The molecule has 35 nitrogen and oxygen atoms in total. The van der Waals surface area contributed by atoms with E-state index in [9.17, 15) is 64.1 Å². The van der Waals surface area contributed by atoms with Gasteiger partial charge in [-0.05, 0) is 138 Å². The van der Waals surface area contributed by atoms with Crippen molar-refractivity contribution in [1.29, 1.82) is 10.8 Å². The number of nitrogens with one attached hydrogen (secondary N) is 5. The van der Waals surface area contributed by atoms with Gasteiger partial charge in [-0.25, -0.2) is 24.5 Å². The number of carbonyl (C=O) groups excluding carboxylic acids is 5. The molecule has 10 heterocycles. The Labute approximate surface area is 640 Å². The molecule has 7 aliphatic heterocycles. The number of phosphoric ester groups is 1. The van der Waals surface area contributed by atoms with Crippen molar-refractivity contribution >= 4 is 94.3 Å². The van der Waals surface area contributed by atoms with Crippen LogP contribution in [0.25, 0.3) is 22.2 Å². The quantitative estimate of drug-likeness (QED) is 0.0131. The van der Waals surface area contributed by atoms with E-state index in [0.29, 0.717) is 62.1 Å². The van der Waals surface area contributed by atoms with Gasteiger partial charge in [0.2, 0.25) is 42.1 Å². The van der Waals surface area contributed by atoms with E-state index in [4.69, 9.17) is 73.0 Å². The number of rotatable bonds is 27. The topological polar surface area (TPSA) is 589 Å². The fraction of sp³-hybridized carbons (Fsp3) is 0.597. The van der Waals surface area contributed by atoms with Gasteiger partial charge in [0.15, 0.2) is 28.7 Å². The summed E-state index contributed by atoms with van der Waals surface area (Å²) in [6, 6.07) is 2.76. The normalized spacial score (nSPS) is 33.6. The average molecular weight is 1580 g/mol. The van der Waals surface area contributed by atoms with Crippen LogP contribution in [0.2, 0.25) is 0 Å². The van der Waals surface area contributed by atoms with Crippen LogP contribution in [0.1, 0.15) is 157 Å². The summed E-state index contributed by atoms with van der Waals surface area (Å²) >= 11 is 0. The molecule has 0 aliphatic carbocycles. The molecule has 0 spiro atoms. The van der Waals surface area contributed by atoms with Gasteiger partial charge in [0.1, 0.15) is 36.3 Å². The van der Waals surface area contributed by atoms with E-state index < -0.39 is 168 Å². The zero-order valence-electron chi connectivity index (χ0n) is 62.8. The van der Waals surface area contributed by atoms with Gasteiger partial charge in [0.25, 0.3) is 0 Å². The summed E-state index contributed by atoms with van der Waals surface area (Å²) in [5.41, 5.74) is 32.0. The van der Waals surface area contributed by atoms with Crippen molar-refractivity contribution in [2.75, 3.05) is 18.9 Å². The summed E-state index contributed by atoms with van der Waals surface area (Å²) in [4.78, 5) is 111.